The van der Waals surface area contributed by atoms with Gasteiger partial charge in [-0.3, -0.25) is 4.90 Å². The van der Waals surface area contributed by atoms with Crippen molar-refractivity contribution >= 4 is 11.8 Å². The highest BCUT2D eigenvalue weighted by Gasteiger charge is 2.35. The standard InChI is InChI=1S/C15H21N3O2/c1-10-6-12(15(19)20)7-14(16-10)18-9-13-4-3-5-17(13)8-11(18)2/h6-7,11,13H,3-5,8-9H2,1-2H3,(H,19,20). The van der Waals surface area contributed by atoms with E-state index in [1.165, 1.54) is 19.4 Å². The van der Waals surface area contributed by atoms with Crippen molar-refractivity contribution in [3.05, 3.63) is 23.4 Å². The third-order valence-electron chi connectivity index (χ3n) is 4.42. The fraction of sp³-hybridized carbons (Fsp3) is 0.600. The van der Waals surface area contributed by atoms with Crippen LogP contribution in [-0.2, 0) is 0 Å². The van der Waals surface area contributed by atoms with Crippen molar-refractivity contribution in [1.29, 1.82) is 0 Å². The van der Waals surface area contributed by atoms with Gasteiger partial charge < -0.3 is 10.0 Å². The topological polar surface area (TPSA) is 56.7 Å². The molecule has 1 aromatic rings. The first-order chi connectivity index (χ1) is 9.54. The number of hydrogen-bond acceptors (Lipinski definition) is 4. The fourth-order valence-corrected chi connectivity index (χ4v) is 3.43. The van der Waals surface area contributed by atoms with Crippen LogP contribution in [0.25, 0.3) is 0 Å². The van der Waals surface area contributed by atoms with Gasteiger partial charge >= 0.3 is 5.97 Å². The highest BCUT2D eigenvalue weighted by Crippen LogP contribution is 2.28. The van der Waals surface area contributed by atoms with E-state index in [1.54, 1.807) is 12.1 Å². The van der Waals surface area contributed by atoms with Gasteiger partial charge in [0.2, 0.25) is 0 Å². The molecule has 0 radical (unpaired) electrons. The molecule has 0 aliphatic carbocycles. The van der Waals surface area contributed by atoms with Crippen LogP contribution in [0.15, 0.2) is 12.1 Å². The first-order valence-electron chi connectivity index (χ1n) is 7.27. The Morgan fingerprint density at radius 1 is 1.40 bits per heavy atom. The maximum absolute atomic E-state index is 11.2. The average Bonchev–Trinajstić information content (AvgIpc) is 2.83. The summed E-state index contributed by atoms with van der Waals surface area (Å²) in [5, 5.41) is 9.19. The average molecular weight is 275 g/mol. The molecule has 0 bridgehead atoms. The SMILES string of the molecule is Cc1cc(C(=O)O)cc(N2CC3CCCN3CC2C)n1. The molecule has 20 heavy (non-hydrogen) atoms. The Kier molecular flexibility index (Phi) is 3.38. The van der Waals surface area contributed by atoms with E-state index in [-0.39, 0.29) is 0 Å². The van der Waals surface area contributed by atoms with Gasteiger partial charge in [-0.25, -0.2) is 9.78 Å². The molecule has 5 nitrogen and oxygen atoms in total. The number of rotatable bonds is 2. The second kappa shape index (κ2) is 5.05. The number of anilines is 1. The molecule has 108 valence electrons. The van der Waals surface area contributed by atoms with Gasteiger partial charge in [-0.1, -0.05) is 0 Å². The molecule has 3 heterocycles. The smallest absolute Gasteiger partial charge is 0.335 e. The molecule has 1 N–H and O–H groups in total. The van der Waals surface area contributed by atoms with Crippen LogP contribution in [0, 0.1) is 6.92 Å². The zero-order valence-electron chi connectivity index (χ0n) is 12.0. The third kappa shape index (κ3) is 2.38. The molecule has 2 aliphatic rings. The Morgan fingerprint density at radius 2 is 2.20 bits per heavy atom. The Morgan fingerprint density at radius 3 is 2.95 bits per heavy atom. The molecule has 0 spiro atoms. The molecule has 0 saturated carbocycles. The third-order valence-corrected chi connectivity index (χ3v) is 4.42. The minimum atomic E-state index is -0.885. The summed E-state index contributed by atoms with van der Waals surface area (Å²) in [5.41, 5.74) is 1.09. The van der Waals surface area contributed by atoms with Gasteiger partial charge in [-0.15, -0.1) is 0 Å². The largest absolute Gasteiger partial charge is 0.478 e. The Labute approximate surface area is 119 Å². The fourth-order valence-electron chi connectivity index (χ4n) is 3.43. The maximum Gasteiger partial charge on any atom is 0.335 e. The second-order valence-electron chi connectivity index (χ2n) is 5.95. The number of aromatic nitrogens is 1. The number of fused-ring (bicyclic) bond motifs is 1. The number of carbonyl (C=O) groups is 1. The zero-order valence-corrected chi connectivity index (χ0v) is 12.0. The lowest BCUT2D eigenvalue weighted by Gasteiger charge is -2.43. The van der Waals surface area contributed by atoms with E-state index in [1.807, 2.05) is 6.92 Å². The summed E-state index contributed by atoms with van der Waals surface area (Å²) in [4.78, 5) is 20.6. The predicted octanol–water partition coefficient (Wildman–Crippen LogP) is 1.76. The highest BCUT2D eigenvalue weighted by molar-refractivity contribution is 5.88. The summed E-state index contributed by atoms with van der Waals surface area (Å²) >= 11 is 0. The van der Waals surface area contributed by atoms with Crippen molar-refractivity contribution in [1.82, 2.24) is 9.88 Å². The van der Waals surface area contributed by atoms with Crippen molar-refractivity contribution in [2.75, 3.05) is 24.5 Å². The predicted molar refractivity (Wildman–Crippen MR) is 77.3 cm³/mol. The summed E-state index contributed by atoms with van der Waals surface area (Å²) in [5.74, 6) is -0.0784. The molecule has 1 aromatic heterocycles. The van der Waals surface area contributed by atoms with Crippen molar-refractivity contribution in [2.45, 2.75) is 38.8 Å². The highest BCUT2D eigenvalue weighted by atomic mass is 16.4. The van der Waals surface area contributed by atoms with Gasteiger partial charge in [0, 0.05) is 30.9 Å². The van der Waals surface area contributed by atoms with Crippen LogP contribution >= 0.6 is 0 Å². The summed E-state index contributed by atoms with van der Waals surface area (Å²) in [6.07, 6.45) is 2.51. The van der Waals surface area contributed by atoms with Crippen molar-refractivity contribution in [2.24, 2.45) is 0 Å². The molecule has 2 saturated heterocycles. The number of hydrogen-bond donors (Lipinski definition) is 1. The van der Waals surface area contributed by atoms with Crippen LogP contribution in [0.4, 0.5) is 5.82 Å². The molecule has 3 rings (SSSR count). The Balaban J connectivity index is 1.89. The summed E-state index contributed by atoms with van der Waals surface area (Å²) < 4.78 is 0. The monoisotopic (exact) mass is 275 g/mol. The van der Waals surface area contributed by atoms with E-state index >= 15 is 0 Å². The number of carboxylic acids is 1. The normalized spacial score (nSPS) is 26.6. The number of pyridine rings is 1. The van der Waals surface area contributed by atoms with E-state index in [0.29, 0.717) is 17.6 Å². The molecule has 2 atom stereocenters. The van der Waals surface area contributed by atoms with E-state index < -0.39 is 5.97 Å². The Hall–Kier alpha value is -1.62. The maximum atomic E-state index is 11.2. The van der Waals surface area contributed by atoms with Crippen LogP contribution in [0.1, 0.15) is 35.8 Å². The quantitative estimate of drug-likeness (QED) is 0.891. The van der Waals surface area contributed by atoms with Crippen LogP contribution in [-0.4, -0.2) is 52.7 Å². The lowest BCUT2D eigenvalue weighted by atomic mass is 10.1. The van der Waals surface area contributed by atoms with Gasteiger partial charge in [0.1, 0.15) is 5.82 Å². The number of aryl methyl sites for hydroxylation is 1. The van der Waals surface area contributed by atoms with Gasteiger partial charge in [-0.05, 0) is 45.4 Å². The zero-order chi connectivity index (χ0) is 14.3. The van der Waals surface area contributed by atoms with Gasteiger partial charge in [-0.2, -0.15) is 0 Å². The first kappa shape index (κ1) is 13.4. The van der Waals surface area contributed by atoms with Gasteiger partial charge in [0.15, 0.2) is 0 Å². The van der Waals surface area contributed by atoms with E-state index in [0.717, 1.165) is 24.6 Å². The minimum Gasteiger partial charge on any atom is -0.478 e. The molecule has 2 aliphatic heterocycles. The Bertz CT molecular complexity index is 532. The molecular formula is C15H21N3O2. The molecule has 2 fully saturated rings. The number of carboxylic acid groups (broad SMARTS) is 1. The molecule has 0 aromatic carbocycles. The lowest BCUT2D eigenvalue weighted by molar-refractivity contribution is 0.0696. The van der Waals surface area contributed by atoms with Crippen LogP contribution in [0.3, 0.4) is 0 Å². The van der Waals surface area contributed by atoms with E-state index in [4.69, 9.17) is 0 Å². The van der Waals surface area contributed by atoms with E-state index in [9.17, 15) is 9.90 Å². The summed E-state index contributed by atoms with van der Waals surface area (Å²) in [6.45, 7) is 7.25. The van der Waals surface area contributed by atoms with Crippen LogP contribution < -0.4 is 4.90 Å². The molecule has 0 amide bonds. The minimum absolute atomic E-state index is 0.327. The van der Waals surface area contributed by atoms with Gasteiger partial charge in [0.05, 0.1) is 5.56 Å². The number of piperazine rings is 1. The van der Waals surface area contributed by atoms with Crippen LogP contribution in [0.5, 0.6) is 0 Å². The van der Waals surface area contributed by atoms with E-state index in [2.05, 4.69) is 21.7 Å². The molecule has 2 unspecified atom stereocenters. The molecular weight excluding hydrogens is 254 g/mol. The number of nitrogens with zero attached hydrogens (tertiary/aromatic N) is 3. The van der Waals surface area contributed by atoms with Gasteiger partial charge in [0.25, 0.3) is 0 Å². The summed E-state index contributed by atoms with van der Waals surface area (Å²) in [6, 6.07) is 4.31. The first-order valence-corrected chi connectivity index (χ1v) is 7.27. The lowest BCUT2D eigenvalue weighted by Crippen LogP contribution is -2.55. The van der Waals surface area contributed by atoms with Crippen LogP contribution in [0.2, 0.25) is 0 Å². The number of aromatic carboxylic acids is 1. The van der Waals surface area contributed by atoms with Crippen molar-refractivity contribution < 1.29 is 9.90 Å². The van der Waals surface area contributed by atoms with Crippen molar-refractivity contribution in [3.8, 4) is 0 Å². The molecule has 5 heteroatoms. The summed E-state index contributed by atoms with van der Waals surface area (Å²) in [7, 11) is 0. The van der Waals surface area contributed by atoms with Crippen molar-refractivity contribution in [3.63, 3.8) is 0 Å². The second-order valence-corrected chi connectivity index (χ2v) is 5.95.